The molecule has 2 aromatic carbocycles. The van der Waals surface area contributed by atoms with E-state index in [0.717, 1.165) is 0 Å². The lowest BCUT2D eigenvalue weighted by atomic mass is 9.99. The number of carbonyl (C=O) groups is 2. The lowest BCUT2D eigenvalue weighted by Crippen LogP contribution is -2.09. The van der Waals surface area contributed by atoms with Crippen LogP contribution in [0.5, 0.6) is 0 Å². The average molecular weight is 309 g/mol. The molecule has 0 bridgehead atoms. The maximum Gasteiger partial charge on any atom is 0.335 e. The first kappa shape index (κ1) is 14.6. The van der Waals surface area contributed by atoms with Crippen LogP contribution in [0.25, 0.3) is 0 Å². The zero-order chi connectivity index (χ0) is 14.7. The van der Waals surface area contributed by atoms with Crippen molar-refractivity contribution in [3.63, 3.8) is 0 Å². The summed E-state index contributed by atoms with van der Waals surface area (Å²) < 4.78 is 0. The predicted molar refractivity (Wildman–Crippen MR) is 77.9 cm³/mol. The van der Waals surface area contributed by atoms with E-state index in [9.17, 15) is 9.59 Å². The Bertz CT molecular complexity index is 681. The summed E-state index contributed by atoms with van der Waals surface area (Å²) in [5.41, 5.74) is 0.901. The SMILES string of the molecule is O=C(Cc1ccccc1C(=O)O)c1ccc(Cl)cc1Cl. The van der Waals surface area contributed by atoms with Crippen LogP contribution in [0.3, 0.4) is 0 Å². The minimum Gasteiger partial charge on any atom is -0.478 e. The number of halogens is 2. The molecule has 0 saturated heterocycles. The highest BCUT2D eigenvalue weighted by molar-refractivity contribution is 6.36. The molecule has 102 valence electrons. The third-order valence-corrected chi connectivity index (χ3v) is 3.38. The van der Waals surface area contributed by atoms with Crippen molar-refractivity contribution in [1.82, 2.24) is 0 Å². The van der Waals surface area contributed by atoms with Crippen LogP contribution >= 0.6 is 23.2 Å². The summed E-state index contributed by atoms with van der Waals surface area (Å²) in [7, 11) is 0. The minimum absolute atomic E-state index is 0.0240. The summed E-state index contributed by atoms with van der Waals surface area (Å²) in [5.74, 6) is -1.31. The van der Waals surface area contributed by atoms with Gasteiger partial charge in [0.1, 0.15) is 0 Å². The molecule has 0 saturated carbocycles. The van der Waals surface area contributed by atoms with Crippen LogP contribution in [0, 0.1) is 0 Å². The number of ketones is 1. The quantitative estimate of drug-likeness (QED) is 0.864. The molecule has 0 fully saturated rings. The van der Waals surface area contributed by atoms with E-state index < -0.39 is 5.97 Å². The normalized spacial score (nSPS) is 10.3. The molecule has 0 radical (unpaired) electrons. The van der Waals surface area contributed by atoms with E-state index in [1.165, 1.54) is 18.2 Å². The Hall–Kier alpha value is -1.84. The van der Waals surface area contributed by atoms with E-state index in [1.807, 2.05) is 0 Å². The molecule has 0 aliphatic heterocycles. The molecule has 0 amide bonds. The van der Waals surface area contributed by atoms with Crippen molar-refractivity contribution >= 4 is 35.0 Å². The number of carboxylic acid groups (broad SMARTS) is 1. The Balaban J connectivity index is 2.30. The molecule has 0 unspecified atom stereocenters. The number of aromatic carboxylic acids is 1. The second kappa shape index (κ2) is 6.07. The number of rotatable bonds is 4. The van der Waals surface area contributed by atoms with Crippen LogP contribution in [-0.4, -0.2) is 16.9 Å². The fourth-order valence-electron chi connectivity index (χ4n) is 1.87. The summed E-state index contributed by atoms with van der Waals surface area (Å²) in [5, 5.41) is 9.79. The highest BCUT2D eigenvalue weighted by atomic mass is 35.5. The average Bonchev–Trinajstić information content (AvgIpc) is 2.38. The van der Waals surface area contributed by atoms with Crippen LogP contribution < -0.4 is 0 Å². The number of Topliss-reactive ketones (excluding diaryl/α,β-unsaturated/α-hetero) is 1. The van der Waals surface area contributed by atoms with Gasteiger partial charge in [0.25, 0.3) is 0 Å². The van der Waals surface area contributed by atoms with E-state index in [-0.39, 0.29) is 22.8 Å². The van der Waals surface area contributed by atoms with Crippen molar-refractivity contribution in [1.29, 1.82) is 0 Å². The van der Waals surface area contributed by atoms with Crippen LogP contribution in [0.15, 0.2) is 42.5 Å². The van der Waals surface area contributed by atoms with Crippen molar-refractivity contribution in [3.8, 4) is 0 Å². The largest absolute Gasteiger partial charge is 0.478 e. The molecule has 0 heterocycles. The minimum atomic E-state index is -1.06. The first-order chi connectivity index (χ1) is 9.49. The number of carbonyl (C=O) groups excluding carboxylic acids is 1. The Labute approximate surface area is 125 Å². The maximum atomic E-state index is 12.2. The summed E-state index contributed by atoms with van der Waals surface area (Å²) in [4.78, 5) is 23.3. The molecule has 0 aliphatic rings. The van der Waals surface area contributed by atoms with Crippen LogP contribution in [-0.2, 0) is 6.42 Å². The highest BCUT2D eigenvalue weighted by Crippen LogP contribution is 2.23. The third kappa shape index (κ3) is 3.18. The van der Waals surface area contributed by atoms with Crippen molar-refractivity contribution in [2.45, 2.75) is 6.42 Å². The molecule has 1 N–H and O–H groups in total. The van der Waals surface area contributed by atoms with Gasteiger partial charge in [0.2, 0.25) is 0 Å². The summed E-state index contributed by atoms with van der Waals surface area (Å²) in [6, 6.07) is 11.0. The lowest BCUT2D eigenvalue weighted by Gasteiger charge is -2.07. The predicted octanol–water partition coefficient (Wildman–Crippen LogP) is 4.12. The van der Waals surface area contributed by atoms with Crippen LogP contribution in [0.2, 0.25) is 10.0 Å². The molecule has 2 aromatic rings. The van der Waals surface area contributed by atoms with Crippen LogP contribution in [0.1, 0.15) is 26.3 Å². The van der Waals surface area contributed by atoms with Crippen molar-refractivity contribution < 1.29 is 14.7 Å². The number of hydrogen-bond donors (Lipinski definition) is 1. The van der Waals surface area contributed by atoms with Gasteiger partial charge in [-0.15, -0.1) is 0 Å². The molecule has 20 heavy (non-hydrogen) atoms. The molecule has 0 aliphatic carbocycles. The molecule has 0 aromatic heterocycles. The second-order valence-corrected chi connectivity index (χ2v) is 5.03. The molecule has 5 heteroatoms. The monoisotopic (exact) mass is 308 g/mol. The van der Waals surface area contributed by atoms with Gasteiger partial charge in [-0.3, -0.25) is 4.79 Å². The van der Waals surface area contributed by atoms with Gasteiger partial charge >= 0.3 is 5.97 Å². The van der Waals surface area contributed by atoms with Gasteiger partial charge in [-0.1, -0.05) is 41.4 Å². The first-order valence-electron chi connectivity index (χ1n) is 5.78. The fourth-order valence-corrected chi connectivity index (χ4v) is 2.38. The molecule has 0 spiro atoms. The summed E-state index contributed by atoms with van der Waals surface area (Å²) in [6.07, 6.45) is -0.0240. The summed E-state index contributed by atoms with van der Waals surface area (Å²) in [6.45, 7) is 0. The van der Waals surface area contributed by atoms with Crippen molar-refractivity contribution in [2.24, 2.45) is 0 Å². The number of carboxylic acids is 1. The highest BCUT2D eigenvalue weighted by Gasteiger charge is 2.15. The van der Waals surface area contributed by atoms with Gasteiger partial charge in [-0.2, -0.15) is 0 Å². The number of hydrogen-bond acceptors (Lipinski definition) is 2. The molecule has 0 atom stereocenters. The van der Waals surface area contributed by atoms with E-state index in [0.29, 0.717) is 16.1 Å². The van der Waals surface area contributed by atoms with Gasteiger partial charge in [0.05, 0.1) is 10.6 Å². The van der Waals surface area contributed by atoms with E-state index >= 15 is 0 Å². The van der Waals surface area contributed by atoms with E-state index in [1.54, 1.807) is 24.3 Å². The molecule has 2 rings (SSSR count). The Morgan fingerprint density at radius 3 is 2.35 bits per heavy atom. The first-order valence-corrected chi connectivity index (χ1v) is 6.54. The zero-order valence-electron chi connectivity index (χ0n) is 10.3. The second-order valence-electron chi connectivity index (χ2n) is 4.19. The van der Waals surface area contributed by atoms with Gasteiger partial charge in [-0.05, 0) is 29.8 Å². The van der Waals surface area contributed by atoms with Gasteiger partial charge < -0.3 is 5.11 Å². The standard InChI is InChI=1S/C15H10Cl2O3/c16-10-5-6-12(13(17)8-10)14(18)7-9-3-1-2-4-11(9)15(19)20/h1-6,8H,7H2,(H,19,20). The molecular weight excluding hydrogens is 299 g/mol. The Morgan fingerprint density at radius 2 is 1.70 bits per heavy atom. The third-order valence-electron chi connectivity index (χ3n) is 2.83. The summed E-state index contributed by atoms with van der Waals surface area (Å²) >= 11 is 11.7. The number of benzene rings is 2. The van der Waals surface area contributed by atoms with E-state index in [2.05, 4.69) is 0 Å². The van der Waals surface area contributed by atoms with E-state index in [4.69, 9.17) is 28.3 Å². The smallest absolute Gasteiger partial charge is 0.335 e. The Morgan fingerprint density at radius 1 is 1.00 bits per heavy atom. The fraction of sp³-hybridized carbons (Fsp3) is 0.0667. The zero-order valence-corrected chi connectivity index (χ0v) is 11.8. The lowest BCUT2D eigenvalue weighted by molar-refractivity contribution is 0.0696. The van der Waals surface area contributed by atoms with Crippen molar-refractivity contribution in [2.75, 3.05) is 0 Å². The topological polar surface area (TPSA) is 54.4 Å². The Kier molecular flexibility index (Phi) is 4.42. The maximum absolute atomic E-state index is 12.2. The van der Waals surface area contributed by atoms with Crippen LogP contribution in [0.4, 0.5) is 0 Å². The van der Waals surface area contributed by atoms with Gasteiger partial charge in [0, 0.05) is 17.0 Å². The van der Waals surface area contributed by atoms with Gasteiger partial charge in [0.15, 0.2) is 5.78 Å². The molecule has 3 nitrogen and oxygen atoms in total. The van der Waals surface area contributed by atoms with Crippen molar-refractivity contribution in [3.05, 3.63) is 69.2 Å². The molecular formula is C15H10Cl2O3. The van der Waals surface area contributed by atoms with Gasteiger partial charge in [-0.25, -0.2) is 4.79 Å².